The second kappa shape index (κ2) is 9.16. The van der Waals surface area contributed by atoms with Gasteiger partial charge in [-0.25, -0.2) is 0 Å². The average Bonchev–Trinajstić information content (AvgIpc) is 3.41. The fourth-order valence-electron chi connectivity index (χ4n) is 4.03. The lowest BCUT2D eigenvalue weighted by molar-refractivity contribution is 0.198. The molecule has 5 rings (SSSR count). The Labute approximate surface area is 200 Å². The molecule has 3 heterocycles. The molecule has 166 valence electrons. The second-order valence-corrected chi connectivity index (χ2v) is 9.13. The molecule has 0 radical (unpaired) electrons. The maximum Gasteiger partial charge on any atom is 0.273 e. The van der Waals surface area contributed by atoms with Crippen molar-refractivity contribution < 1.29 is 9.84 Å². The number of thiophene rings is 1. The normalized spacial score (nSPS) is 15.7. The van der Waals surface area contributed by atoms with E-state index in [9.17, 15) is 9.90 Å². The van der Waals surface area contributed by atoms with E-state index < -0.39 is 0 Å². The maximum absolute atomic E-state index is 13.3. The Bertz CT molecular complexity index is 1320. The number of aliphatic hydroxyl groups excluding tert-OH is 1. The summed E-state index contributed by atoms with van der Waals surface area (Å²) in [5.74, 6) is 0.687. The first-order valence-electron chi connectivity index (χ1n) is 10.1. The molecule has 32 heavy (non-hydrogen) atoms. The van der Waals surface area contributed by atoms with Gasteiger partial charge in [0, 0.05) is 40.6 Å². The number of nitrogens with zero attached hydrogens (tertiary/aromatic N) is 2. The van der Waals surface area contributed by atoms with Gasteiger partial charge in [0.2, 0.25) is 0 Å². The topological polar surface area (TPSA) is 54.7 Å². The minimum absolute atomic E-state index is 0. The Kier molecular flexibility index (Phi) is 6.49. The summed E-state index contributed by atoms with van der Waals surface area (Å²) in [5, 5.41) is 11.5. The summed E-state index contributed by atoms with van der Waals surface area (Å²) >= 11 is 7.48. The standard InChI is InChI=1S/C24H21ClN2O3S.ClH/c1-30-21-13-18(6-7-20(21)26-10-9-19(28)14-26)27-11-8-16-12-22(31-23(16)24(27)29)15-2-4-17(25)5-3-15;/h2-8,11-13,19,28H,9-10,14H2,1H3;1H. The van der Waals surface area contributed by atoms with Gasteiger partial charge < -0.3 is 14.7 Å². The number of methoxy groups -OCH3 is 1. The third-order valence-electron chi connectivity index (χ3n) is 5.65. The van der Waals surface area contributed by atoms with Crippen LogP contribution in [-0.2, 0) is 0 Å². The van der Waals surface area contributed by atoms with Crippen molar-refractivity contribution in [2.24, 2.45) is 0 Å². The number of rotatable bonds is 4. The number of hydrogen-bond donors (Lipinski definition) is 1. The zero-order chi connectivity index (χ0) is 21.5. The molecule has 0 aliphatic carbocycles. The molecule has 8 heteroatoms. The molecular weight excluding hydrogens is 467 g/mol. The third kappa shape index (κ3) is 4.11. The number of fused-ring (bicyclic) bond motifs is 1. The second-order valence-electron chi connectivity index (χ2n) is 7.64. The molecule has 2 aromatic carbocycles. The van der Waals surface area contributed by atoms with Crippen molar-refractivity contribution in [2.75, 3.05) is 25.1 Å². The van der Waals surface area contributed by atoms with Gasteiger partial charge in [0.25, 0.3) is 5.56 Å². The number of β-amino-alcohol motifs (C(OH)–C–C–N with tert-alkyl or cyclic N) is 1. The Morgan fingerprint density at radius 2 is 1.91 bits per heavy atom. The van der Waals surface area contributed by atoms with Gasteiger partial charge in [-0.15, -0.1) is 23.7 Å². The summed E-state index contributed by atoms with van der Waals surface area (Å²) in [6.45, 7) is 1.37. The van der Waals surface area contributed by atoms with Crippen molar-refractivity contribution in [3.63, 3.8) is 0 Å². The highest BCUT2D eigenvalue weighted by Crippen LogP contribution is 2.34. The summed E-state index contributed by atoms with van der Waals surface area (Å²) in [6, 6.07) is 17.4. The number of benzene rings is 2. The van der Waals surface area contributed by atoms with Gasteiger partial charge >= 0.3 is 0 Å². The van der Waals surface area contributed by atoms with Crippen LogP contribution < -0.4 is 15.2 Å². The smallest absolute Gasteiger partial charge is 0.273 e. The van der Waals surface area contributed by atoms with Crippen LogP contribution in [0.1, 0.15) is 6.42 Å². The quantitative estimate of drug-likeness (QED) is 0.419. The highest BCUT2D eigenvalue weighted by atomic mass is 35.5. The molecular formula is C24H22Cl2N2O3S. The Balaban J connectivity index is 0.00000245. The number of halogens is 2. The van der Waals surface area contributed by atoms with Gasteiger partial charge in [-0.05, 0) is 48.4 Å². The van der Waals surface area contributed by atoms with E-state index in [1.54, 1.807) is 17.9 Å². The van der Waals surface area contributed by atoms with Crippen LogP contribution in [0.2, 0.25) is 5.02 Å². The zero-order valence-electron chi connectivity index (χ0n) is 17.3. The fraction of sp³-hybridized carbons (Fsp3) is 0.208. The molecule has 1 saturated heterocycles. The van der Waals surface area contributed by atoms with Crippen molar-refractivity contribution in [3.05, 3.63) is 76.2 Å². The van der Waals surface area contributed by atoms with Crippen LogP contribution >= 0.6 is 35.3 Å². The molecule has 2 aromatic heterocycles. The number of anilines is 1. The van der Waals surface area contributed by atoms with Crippen LogP contribution in [-0.4, -0.2) is 36.0 Å². The van der Waals surface area contributed by atoms with Crippen molar-refractivity contribution in [1.82, 2.24) is 4.57 Å². The van der Waals surface area contributed by atoms with Crippen molar-refractivity contribution in [1.29, 1.82) is 0 Å². The Morgan fingerprint density at radius 3 is 2.59 bits per heavy atom. The first kappa shape index (κ1) is 22.7. The number of aromatic nitrogens is 1. The molecule has 0 bridgehead atoms. The first-order chi connectivity index (χ1) is 15.0. The fourth-order valence-corrected chi connectivity index (χ4v) is 5.24. The van der Waals surface area contributed by atoms with Crippen LogP contribution in [0.25, 0.3) is 26.2 Å². The number of hydrogen-bond acceptors (Lipinski definition) is 5. The summed E-state index contributed by atoms with van der Waals surface area (Å²) < 4.78 is 7.96. The van der Waals surface area contributed by atoms with Gasteiger partial charge in [-0.2, -0.15) is 0 Å². The molecule has 1 aliphatic rings. The van der Waals surface area contributed by atoms with E-state index >= 15 is 0 Å². The largest absolute Gasteiger partial charge is 0.495 e. The first-order valence-corrected chi connectivity index (χ1v) is 11.3. The number of ether oxygens (including phenoxy) is 1. The number of pyridine rings is 1. The number of aliphatic hydroxyl groups is 1. The van der Waals surface area contributed by atoms with Crippen molar-refractivity contribution >= 4 is 51.1 Å². The monoisotopic (exact) mass is 488 g/mol. The lowest BCUT2D eigenvalue weighted by Crippen LogP contribution is -2.22. The van der Waals surface area contributed by atoms with E-state index in [1.165, 1.54) is 11.3 Å². The van der Waals surface area contributed by atoms with Gasteiger partial charge in [0.1, 0.15) is 10.4 Å². The lowest BCUT2D eigenvalue weighted by atomic mass is 10.2. The molecule has 0 spiro atoms. The Morgan fingerprint density at radius 1 is 1.12 bits per heavy atom. The molecule has 1 fully saturated rings. The van der Waals surface area contributed by atoms with E-state index in [-0.39, 0.29) is 24.1 Å². The van der Waals surface area contributed by atoms with Gasteiger partial charge in [-0.3, -0.25) is 9.36 Å². The molecule has 1 unspecified atom stereocenters. The minimum atomic E-state index is -0.317. The molecule has 1 N–H and O–H groups in total. The van der Waals surface area contributed by atoms with E-state index in [0.717, 1.165) is 40.2 Å². The third-order valence-corrected chi connectivity index (χ3v) is 7.09. The summed E-state index contributed by atoms with van der Waals surface area (Å²) in [5.41, 5.74) is 2.65. The zero-order valence-corrected chi connectivity index (χ0v) is 19.7. The lowest BCUT2D eigenvalue weighted by Gasteiger charge is -2.21. The van der Waals surface area contributed by atoms with Crippen LogP contribution in [0.4, 0.5) is 5.69 Å². The molecule has 4 aromatic rings. The van der Waals surface area contributed by atoms with Gasteiger partial charge in [0.15, 0.2) is 0 Å². The predicted octanol–water partition coefficient (Wildman–Crippen LogP) is 5.37. The molecule has 0 saturated carbocycles. The van der Waals surface area contributed by atoms with Gasteiger partial charge in [-0.1, -0.05) is 23.7 Å². The van der Waals surface area contributed by atoms with Crippen molar-refractivity contribution in [3.8, 4) is 21.9 Å². The molecule has 1 atom stereocenters. The van der Waals surface area contributed by atoms with Crippen LogP contribution in [0, 0.1) is 0 Å². The predicted molar refractivity (Wildman–Crippen MR) is 135 cm³/mol. The highest BCUT2D eigenvalue weighted by molar-refractivity contribution is 7.22. The van der Waals surface area contributed by atoms with E-state index in [2.05, 4.69) is 4.90 Å². The minimum Gasteiger partial charge on any atom is -0.495 e. The van der Waals surface area contributed by atoms with Crippen LogP contribution in [0.5, 0.6) is 5.75 Å². The maximum atomic E-state index is 13.3. The molecule has 1 aliphatic heterocycles. The van der Waals surface area contributed by atoms with Crippen molar-refractivity contribution in [2.45, 2.75) is 12.5 Å². The average molecular weight is 489 g/mol. The molecule has 5 nitrogen and oxygen atoms in total. The summed E-state index contributed by atoms with van der Waals surface area (Å²) in [4.78, 5) is 16.4. The summed E-state index contributed by atoms with van der Waals surface area (Å²) in [6.07, 6.45) is 2.23. The SMILES string of the molecule is COc1cc(-n2ccc3cc(-c4ccc(Cl)cc4)sc3c2=O)ccc1N1CCC(O)C1.Cl. The van der Waals surface area contributed by atoms with E-state index in [1.807, 2.05) is 54.6 Å². The Hall–Kier alpha value is -2.51. The molecule has 0 amide bonds. The van der Waals surface area contributed by atoms with Crippen LogP contribution in [0.15, 0.2) is 65.6 Å². The van der Waals surface area contributed by atoms with Gasteiger partial charge in [0.05, 0.1) is 24.6 Å². The summed E-state index contributed by atoms with van der Waals surface area (Å²) in [7, 11) is 1.62. The van der Waals surface area contributed by atoms with Crippen LogP contribution in [0.3, 0.4) is 0 Å². The highest BCUT2D eigenvalue weighted by Gasteiger charge is 2.23. The van der Waals surface area contributed by atoms with E-state index in [4.69, 9.17) is 16.3 Å². The van der Waals surface area contributed by atoms with E-state index in [0.29, 0.717) is 22.0 Å².